The Labute approximate surface area is 123 Å². The molecular formula is C17H17N3O. The van der Waals surface area contributed by atoms with Crippen molar-refractivity contribution in [2.24, 2.45) is 0 Å². The molecule has 2 N–H and O–H groups in total. The molecule has 106 valence electrons. The molecule has 0 spiro atoms. The van der Waals surface area contributed by atoms with Gasteiger partial charge in [0.15, 0.2) is 5.82 Å². The molecule has 0 atom stereocenters. The molecule has 0 saturated carbocycles. The first kappa shape index (κ1) is 13.2. The maximum atomic E-state index is 5.14. The first-order valence-corrected chi connectivity index (χ1v) is 6.78. The molecule has 21 heavy (non-hydrogen) atoms. The van der Waals surface area contributed by atoms with Crippen LogP contribution < -0.4 is 10.1 Å². The Morgan fingerprint density at radius 2 is 1.71 bits per heavy atom. The van der Waals surface area contributed by atoms with Crippen LogP contribution in [0.3, 0.4) is 0 Å². The van der Waals surface area contributed by atoms with Gasteiger partial charge in [-0.15, -0.1) is 0 Å². The van der Waals surface area contributed by atoms with E-state index in [-0.39, 0.29) is 0 Å². The van der Waals surface area contributed by atoms with Gasteiger partial charge >= 0.3 is 0 Å². The van der Waals surface area contributed by atoms with E-state index in [1.54, 1.807) is 7.11 Å². The molecule has 0 bridgehead atoms. The molecule has 4 nitrogen and oxygen atoms in total. The first-order valence-electron chi connectivity index (χ1n) is 6.78. The molecule has 2 aromatic carbocycles. The second-order valence-electron chi connectivity index (χ2n) is 4.89. The smallest absolute Gasteiger partial charge is 0.152 e. The van der Waals surface area contributed by atoms with Gasteiger partial charge < -0.3 is 10.1 Å². The number of nitrogens with one attached hydrogen (secondary N) is 2. The molecule has 1 heterocycles. The summed E-state index contributed by atoms with van der Waals surface area (Å²) in [6, 6.07) is 18.1. The summed E-state index contributed by atoms with van der Waals surface area (Å²) >= 11 is 0. The van der Waals surface area contributed by atoms with Crippen molar-refractivity contribution in [3.63, 3.8) is 0 Å². The number of nitrogens with zero attached hydrogens (tertiary/aromatic N) is 1. The molecule has 0 saturated heterocycles. The van der Waals surface area contributed by atoms with Gasteiger partial charge in [-0.25, -0.2) is 0 Å². The lowest BCUT2D eigenvalue weighted by Crippen LogP contribution is -1.90. The van der Waals surface area contributed by atoms with Gasteiger partial charge in [0.1, 0.15) is 5.75 Å². The minimum Gasteiger partial charge on any atom is -0.497 e. The van der Waals surface area contributed by atoms with E-state index < -0.39 is 0 Å². The number of aromatic nitrogens is 2. The molecule has 0 aliphatic carbocycles. The number of aromatic amines is 1. The number of hydrogen-bond acceptors (Lipinski definition) is 3. The fourth-order valence-corrected chi connectivity index (χ4v) is 2.09. The maximum Gasteiger partial charge on any atom is 0.152 e. The zero-order chi connectivity index (χ0) is 14.7. The van der Waals surface area contributed by atoms with Crippen LogP contribution in [0.1, 0.15) is 5.56 Å². The fourth-order valence-electron chi connectivity index (χ4n) is 2.09. The highest BCUT2D eigenvalue weighted by atomic mass is 16.5. The van der Waals surface area contributed by atoms with E-state index in [4.69, 9.17) is 4.74 Å². The number of aryl methyl sites for hydroxylation is 1. The lowest BCUT2D eigenvalue weighted by molar-refractivity contribution is 0.415. The summed E-state index contributed by atoms with van der Waals surface area (Å²) in [6.07, 6.45) is 0. The van der Waals surface area contributed by atoms with Gasteiger partial charge in [0.2, 0.25) is 0 Å². The number of methoxy groups -OCH3 is 1. The number of benzene rings is 2. The predicted molar refractivity (Wildman–Crippen MR) is 85.0 cm³/mol. The summed E-state index contributed by atoms with van der Waals surface area (Å²) in [5.41, 5.74) is 4.33. The molecule has 0 aliphatic rings. The third-order valence-corrected chi connectivity index (χ3v) is 3.30. The second-order valence-corrected chi connectivity index (χ2v) is 4.89. The van der Waals surface area contributed by atoms with E-state index in [1.165, 1.54) is 5.56 Å². The van der Waals surface area contributed by atoms with Crippen molar-refractivity contribution in [2.45, 2.75) is 6.92 Å². The fraction of sp³-hybridized carbons (Fsp3) is 0.118. The maximum absolute atomic E-state index is 5.14. The van der Waals surface area contributed by atoms with E-state index in [1.807, 2.05) is 30.3 Å². The molecule has 0 aliphatic heterocycles. The third kappa shape index (κ3) is 3.05. The van der Waals surface area contributed by atoms with Crippen molar-refractivity contribution < 1.29 is 4.74 Å². The number of rotatable bonds is 4. The molecule has 0 radical (unpaired) electrons. The topological polar surface area (TPSA) is 49.9 Å². The number of ether oxygens (including phenoxy) is 1. The van der Waals surface area contributed by atoms with E-state index >= 15 is 0 Å². The van der Waals surface area contributed by atoms with Crippen molar-refractivity contribution in [2.75, 3.05) is 12.4 Å². The highest BCUT2D eigenvalue weighted by molar-refractivity contribution is 5.66. The van der Waals surface area contributed by atoms with Crippen molar-refractivity contribution in [1.29, 1.82) is 0 Å². The van der Waals surface area contributed by atoms with E-state index in [0.29, 0.717) is 0 Å². The molecule has 0 unspecified atom stereocenters. The molecule has 4 heteroatoms. The molecule has 0 amide bonds. The Morgan fingerprint density at radius 3 is 2.38 bits per heavy atom. The first-order chi connectivity index (χ1) is 10.2. The van der Waals surface area contributed by atoms with Crippen LogP contribution in [0.2, 0.25) is 0 Å². The lowest BCUT2D eigenvalue weighted by atomic mass is 10.1. The van der Waals surface area contributed by atoms with Crippen LogP contribution in [-0.2, 0) is 0 Å². The molecule has 1 aromatic heterocycles. The highest BCUT2D eigenvalue weighted by Gasteiger charge is 2.04. The van der Waals surface area contributed by atoms with E-state index in [9.17, 15) is 0 Å². The minimum absolute atomic E-state index is 0.788. The SMILES string of the molecule is COc1ccc(Nc2cc(-c3ccc(C)cc3)[nH]n2)cc1. The summed E-state index contributed by atoms with van der Waals surface area (Å²) < 4.78 is 5.14. The molecule has 3 rings (SSSR count). The monoisotopic (exact) mass is 279 g/mol. The van der Waals surface area contributed by atoms with Gasteiger partial charge in [-0.2, -0.15) is 5.10 Å². The summed E-state index contributed by atoms with van der Waals surface area (Å²) in [4.78, 5) is 0. The van der Waals surface area contributed by atoms with Crippen LogP contribution in [0, 0.1) is 6.92 Å². The zero-order valence-electron chi connectivity index (χ0n) is 12.1. The Kier molecular flexibility index (Phi) is 3.60. The van der Waals surface area contributed by atoms with Gasteiger partial charge in [0.25, 0.3) is 0 Å². The van der Waals surface area contributed by atoms with Crippen LogP contribution in [0.15, 0.2) is 54.6 Å². The molecule has 3 aromatic rings. The standard InChI is InChI=1S/C17H17N3O/c1-12-3-5-13(6-4-12)16-11-17(20-19-16)18-14-7-9-15(21-2)10-8-14/h3-11H,1-2H3,(H2,18,19,20). The Balaban J connectivity index is 1.76. The average molecular weight is 279 g/mol. The van der Waals surface area contributed by atoms with E-state index in [2.05, 4.69) is 46.7 Å². The normalized spacial score (nSPS) is 10.4. The van der Waals surface area contributed by atoms with Crippen molar-refractivity contribution in [3.05, 3.63) is 60.2 Å². The second kappa shape index (κ2) is 5.71. The zero-order valence-corrected chi connectivity index (χ0v) is 12.1. The van der Waals surface area contributed by atoms with Crippen LogP contribution >= 0.6 is 0 Å². The van der Waals surface area contributed by atoms with Gasteiger partial charge in [-0.1, -0.05) is 29.8 Å². The summed E-state index contributed by atoms with van der Waals surface area (Å²) in [5, 5.41) is 10.6. The minimum atomic E-state index is 0.788. The Hall–Kier alpha value is -2.75. The van der Waals surface area contributed by atoms with Crippen molar-refractivity contribution in [1.82, 2.24) is 10.2 Å². The summed E-state index contributed by atoms with van der Waals surface area (Å²) in [5.74, 6) is 1.62. The largest absolute Gasteiger partial charge is 0.497 e. The average Bonchev–Trinajstić information content (AvgIpc) is 2.97. The quantitative estimate of drug-likeness (QED) is 0.754. The van der Waals surface area contributed by atoms with Gasteiger partial charge in [-0.05, 0) is 36.8 Å². The van der Waals surface area contributed by atoms with Crippen LogP contribution in [0.5, 0.6) is 5.75 Å². The van der Waals surface area contributed by atoms with Crippen LogP contribution in [0.4, 0.5) is 11.5 Å². The molecular weight excluding hydrogens is 262 g/mol. The lowest BCUT2D eigenvalue weighted by Gasteiger charge is -2.03. The third-order valence-electron chi connectivity index (χ3n) is 3.30. The number of anilines is 2. The van der Waals surface area contributed by atoms with Crippen molar-refractivity contribution in [3.8, 4) is 17.0 Å². The van der Waals surface area contributed by atoms with E-state index in [0.717, 1.165) is 28.5 Å². The Morgan fingerprint density at radius 1 is 1.00 bits per heavy atom. The van der Waals surface area contributed by atoms with Crippen LogP contribution in [-0.4, -0.2) is 17.3 Å². The predicted octanol–water partition coefficient (Wildman–Crippen LogP) is 4.14. The van der Waals surface area contributed by atoms with Crippen molar-refractivity contribution >= 4 is 11.5 Å². The van der Waals surface area contributed by atoms with Crippen LogP contribution in [0.25, 0.3) is 11.3 Å². The number of H-pyrrole nitrogens is 1. The van der Waals surface area contributed by atoms with Gasteiger partial charge in [0, 0.05) is 11.8 Å². The highest BCUT2D eigenvalue weighted by Crippen LogP contribution is 2.23. The van der Waals surface area contributed by atoms with Gasteiger partial charge in [0.05, 0.1) is 12.8 Å². The summed E-state index contributed by atoms with van der Waals surface area (Å²) in [7, 11) is 1.66. The van der Waals surface area contributed by atoms with Gasteiger partial charge in [-0.3, -0.25) is 5.10 Å². The molecule has 0 fully saturated rings. The summed E-state index contributed by atoms with van der Waals surface area (Å²) in [6.45, 7) is 2.08. The number of hydrogen-bond donors (Lipinski definition) is 2. The Bertz CT molecular complexity index is 715.